The van der Waals surface area contributed by atoms with Crippen LogP contribution in [0.3, 0.4) is 0 Å². The van der Waals surface area contributed by atoms with Crippen LogP contribution in [-0.2, 0) is 10.0 Å². The predicted octanol–water partition coefficient (Wildman–Crippen LogP) is 4.72. The highest BCUT2D eigenvalue weighted by molar-refractivity contribution is 7.91. The zero-order valence-corrected chi connectivity index (χ0v) is 15.8. The third-order valence-electron chi connectivity index (χ3n) is 4.32. The minimum atomic E-state index is -3.54. The van der Waals surface area contributed by atoms with Crippen LogP contribution in [0.25, 0.3) is 0 Å². The summed E-state index contributed by atoms with van der Waals surface area (Å²) < 4.78 is 33.9. The number of thiophene rings is 1. The van der Waals surface area contributed by atoms with Crippen LogP contribution in [-0.4, -0.2) is 26.4 Å². The molecule has 0 bridgehead atoms. The first-order valence-corrected chi connectivity index (χ1v) is 10.6. The van der Waals surface area contributed by atoms with Gasteiger partial charge < -0.3 is 4.74 Å². The molecule has 1 atom stereocenters. The van der Waals surface area contributed by atoms with Gasteiger partial charge in [-0.05, 0) is 42.7 Å². The molecule has 1 fully saturated rings. The number of nitrogens with zero attached hydrogens (tertiary/aromatic N) is 1. The van der Waals surface area contributed by atoms with Gasteiger partial charge in [0.15, 0.2) is 0 Å². The maximum Gasteiger partial charge on any atom is 0.253 e. The first-order valence-electron chi connectivity index (χ1n) is 7.93. The van der Waals surface area contributed by atoms with Crippen LogP contribution in [0, 0.1) is 0 Å². The molecule has 1 aliphatic rings. The molecule has 0 saturated carbocycles. The number of rotatable bonds is 4. The van der Waals surface area contributed by atoms with E-state index in [1.54, 1.807) is 23.5 Å². The molecule has 2 aromatic rings. The van der Waals surface area contributed by atoms with Gasteiger partial charge in [0.1, 0.15) is 9.96 Å². The number of hydrogen-bond donors (Lipinski definition) is 0. The maximum absolute atomic E-state index is 13.1. The van der Waals surface area contributed by atoms with Crippen molar-refractivity contribution in [1.29, 1.82) is 0 Å². The molecule has 1 aromatic carbocycles. The molecule has 1 saturated heterocycles. The normalized spacial score (nSPS) is 19.8. The summed E-state index contributed by atoms with van der Waals surface area (Å²) in [6.45, 7) is 0.536. The molecular weight excluding hydrogens is 366 g/mol. The molecule has 0 amide bonds. The minimum absolute atomic E-state index is 0.149. The fraction of sp³-hybridized carbons (Fsp3) is 0.412. The highest BCUT2D eigenvalue weighted by atomic mass is 35.5. The average Bonchev–Trinajstić information content (AvgIpc) is 2.88. The third kappa shape index (κ3) is 3.61. The lowest BCUT2D eigenvalue weighted by atomic mass is 10.0. The zero-order chi connectivity index (χ0) is 17.2. The fourth-order valence-corrected chi connectivity index (χ4v) is 6.38. The standard InChI is InChI=1S/C17H20ClNO3S2/c1-22-14-8-6-13(7-9-14)15-5-3-2-4-12-19(15)24(20,21)17-11-10-16(18)23-17/h6-11,15H,2-5,12H2,1H3/t15-/m1/s1. The molecule has 7 heteroatoms. The zero-order valence-electron chi connectivity index (χ0n) is 13.4. The lowest BCUT2D eigenvalue weighted by Crippen LogP contribution is -2.34. The van der Waals surface area contributed by atoms with E-state index in [9.17, 15) is 8.42 Å². The third-order valence-corrected chi connectivity index (χ3v) is 7.92. The van der Waals surface area contributed by atoms with Gasteiger partial charge in [0.25, 0.3) is 10.0 Å². The second-order valence-electron chi connectivity index (χ2n) is 5.81. The molecule has 4 nitrogen and oxygen atoms in total. The topological polar surface area (TPSA) is 46.6 Å². The Bertz CT molecular complexity index is 786. The summed E-state index contributed by atoms with van der Waals surface area (Å²) >= 11 is 7.06. The summed E-state index contributed by atoms with van der Waals surface area (Å²) in [6, 6.07) is 10.8. The molecule has 0 aliphatic carbocycles. The van der Waals surface area contributed by atoms with E-state index in [-0.39, 0.29) is 6.04 Å². The molecule has 0 N–H and O–H groups in total. The summed E-state index contributed by atoms with van der Waals surface area (Å²) in [5, 5.41) is 0. The summed E-state index contributed by atoms with van der Waals surface area (Å²) in [7, 11) is -1.92. The molecular formula is C17H20ClNO3S2. The second kappa shape index (κ2) is 7.44. The number of methoxy groups -OCH3 is 1. The van der Waals surface area contributed by atoms with Crippen LogP contribution >= 0.6 is 22.9 Å². The molecule has 0 radical (unpaired) electrons. The first kappa shape index (κ1) is 17.7. The summed E-state index contributed by atoms with van der Waals surface area (Å²) in [4.78, 5) is 0. The van der Waals surface area contributed by atoms with Crippen molar-refractivity contribution >= 4 is 33.0 Å². The van der Waals surface area contributed by atoms with Crippen molar-refractivity contribution in [3.63, 3.8) is 0 Å². The van der Waals surface area contributed by atoms with Gasteiger partial charge in [-0.2, -0.15) is 4.31 Å². The lowest BCUT2D eigenvalue weighted by molar-refractivity contribution is 0.329. The van der Waals surface area contributed by atoms with Gasteiger partial charge >= 0.3 is 0 Å². The van der Waals surface area contributed by atoms with Gasteiger partial charge in [-0.15, -0.1) is 11.3 Å². The van der Waals surface area contributed by atoms with Gasteiger partial charge in [0.05, 0.1) is 17.5 Å². The molecule has 3 rings (SSSR count). The van der Waals surface area contributed by atoms with E-state index in [2.05, 4.69) is 0 Å². The number of ether oxygens (including phenoxy) is 1. The van der Waals surface area contributed by atoms with E-state index in [0.29, 0.717) is 15.1 Å². The SMILES string of the molecule is COc1ccc([C@H]2CCCCCN2S(=O)(=O)c2ccc(Cl)s2)cc1. The van der Waals surface area contributed by atoms with E-state index in [0.717, 1.165) is 48.3 Å². The first-order chi connectivity index (χ1) is 11.5. The van der Waals surface area contributed by atoms with Crippen molar-refractivity contribution in [3.8, 4) is 5.75 Å². The van der Waals surface area contributed by atoms with Crippen molar-refractivity contribution in [2.24, 2.45) is 0 Å². The quantitative estimate of drug-likeness (QED) is 0.765. The molecule has 2 heterocycles. The van der Waals surface area contributed by atoms with Crippen LogP contribution in [0.4, 0.5) is 0 Å². The van der Waals surface area contributed by atoms with Crippen LogP contribution in [0.5, 0.6) is 5.75 Å². The average molecular weight is 386 g/mol. The van der Waals surface area contributed by atoms with E-state index in [1.807, 2.05) is 24.3 Å². The molecule has 130 valence electrons. The van der Waals surface area contributed by atoms with E-state index in [1.165, 1.54) is 0 Å². The molecule has 0 spiro atoms. The summed E-state index contributed by atoms with van der Waals surface area (Å²) in [5.41, 5.74) is 1.00. The highest BCUT2D eigenvalue weighted by Crippen LogP contribution is 2.37. The molecule has 0 unspecified atom stereocenters. The van der Waals surface area contributed by atoms with Crippen molar-refractivity contribution in [1.82, 2.24) is 4.31 Å². The smallest absolute Gasteiger partial charge is 0.253 e. The molecule has 24 heavy (non-hydrogen) atoms. The van der Waals surface area contributed by atoms with E-state index in [4.69, 9.17) is 16.3 Å². The Morgan fingerprint density at radius 1 is 1.12 bits per heavy atom. The van der Waals surface area contributed by atoms with Gasteiger partial charge in [-0.25, -0.2) is 8.42 Å². The van der Waals surface area contributed by atoms with Crippen molar-refractivity contribution in [3.05, 3.63) is 46.3 Å². The molecule has 1 aliphatic heterocycles. The van der Waals surface area contributed by atoms with Crippen molar-refractivity contribution in [2.75, 3.05) is 13.7 Å². The number of sulfonamides is 1. The van der Waals surface area contributed by atoms with Gasteiger partial charge in [0.2, 0.25) is 0 Å². The number of hydrogen-bond acceptors (Lipinski definition) is 4. The largest absolute Gasteiger partial charge is 0.497 e. The Labute approximate surface area is 152 Å². The van der Waals surface area contributed by atoms with E-state index >= 15 is 0 Å². The summed E-state index contributed by atoms with van der Waals surface area (Å²) in [5.74, 6) is 0.770. The van der Waals surface area contributed by atoms with Crippen LogP contribution < -0.4 is 4.74 Å². The highest BCUT2D eigenvalue weighted by Gasteiger charge is 2.34. The second-order valence-corrected chi connectivity index (χ2v) is 9.65. The molecule has 1 aromatic heterocycles. The Hall–Kier alpha value is -1.08. The van der Waals surface area contributed by atoms with Crippen LogP contribution in [0.15, 0.2) is 40.6 Å². The lowest BCUT2D eigenvalue weighted by Gasteiger charge is -2.29. The maximum atomic E-state index is 13.1. The van der Waals surface area contributed by atoms with Gasteiger partial charge in [-0.3, -0.25) is 0 Å². The monoisotopic (exact) mass is 385 g/mol. The summed E-state index contributed by atoms with van der Waals surface area (Å²) in [6.07, 6.45) is 3.77. The number of halogens is 1. The Kier molecular flexibility index (Phi) is 5.49. The van der Waals surface area contributed by atoms with Crippen molar-refractivity contribution < 1.29 is 13.2 Å². The van der Waals surface area contributed by atoms with Crippen LogP contribution in [0.2, 0.25) is 4.34 Å². The Balaban J connectivity index is 1.98. The van der Waals surface area contributed by atoms with Gasteiger partial charge in [0, 0.05) is 6.54 Å². The minimum Gasteiger partial charge on any atom is -0.497 e. The number of benzene rings is 1. The fourth-order valence-electron chi connectivity index (χ4n) is 3.08. The van der Waals surface area contributed by atoms with E-state index < -0.39 is 10.0 Å². The Morgan fingerprint density at radius 3 is 2.50 bits per heavy atom. The van der Waals surface area contributed by atoms with Crippen LogP contribution in [0.1, 0.15) is 37.3 Å². The Morgan fingerprint density at radius 2 is 1.88 bits per heavy atom. The predicted molar refractivity (Wildman–Crippen MR) is 97.4 cm³/mol. The van der Waals surface area contributed by atoms with Crippen molar-refractivity contribution in [2.45, 2.75) is 35.9 Å². The van der Waals surface area contributed by atoms with Gasteiger partial charge in [-0.1, -0.05) is 36.6 Å².